The zero-order valence-corrected chi connectivity index (χ0v) is 46.1. The second-order valence-electron chi connectivity index (χ2n) is 19.7. The Balaban J connectivity index is 1.40. The third-order valence-electron chi connectivity index (χ3n) is 14.6. The number of unbranched alkanes of at least 4 members (excludes halogenated alkanes) is 2. The zero-order valence-electron chi connectivity index (χ0n) is 44.5. The number of para-hydroxylation sites is 2. The van der Waals surface area contributed by atoms with E-state index in [9.17, 15) is 10.5 Å². The molecule has 0 radical (unpaired) electrons. The lowest BCUT2D eigenvalue weighted by atomic mass is 9.50. The fraction of sp³-hybridized carbons (Fsp3) is 0.118. The summed E-state index contributed by atoms with van der Waals surface area (Å²) in [6.45, 7) is 4.49. The molecule has 0 atom stereocenters. The molecule has 8 aromatic carbocycles. The number of rotatable bonds is 18. The molecule has 0 bridgehead atoms. The highest BCUT2D eigenvalue weighted by Crippen LogP contribution is 2.39. The topological polar surface area (TPSA) is 102 Å². The Labute approximate surface area is 474 Å². The summed E-state index contributed by atoms with van der Waals surface area (Å²) < 4.78 is 19.4. The second-order valence-corrected chi connectivity index (χ2v) is 21.8. The van der Waals surface area contributed by atoms with E-state index >= 15 is 0 Å². The van der Waals surface area contributed by atoms with Gasteiger partial charge in [0, 0.05) is 22.2 Å². The highest BCUT2D eigenvalue weighted by Gasteiger charge is 2.37. The lowest BCUT2D eigenvalue weighted by Crippen LogP contribution is -2.54. The molecule has 0 saturated heterocycles. The number of hydrogen-bond donors (Lipinski definition) is 0. The third-order valence-corrected chi connectivity index (χ3v) is 16.7. The van der Waals surface area contributed by atoms with Crippen molar-refractivity contribution in [3.8, 4) is 46.2 Å². The molecule has 12 heteroatoms. The van der Waals surface area contributed by atoms with E-state index in [2.05, 4.69) is 168 Å². The van der Waals surface area contributed by atoms with Gasteiger partial charge in [-0.05, 0) is 96.8 Å². The smallest absolute Gasteiger partial charge is 0.328 e. The fourth-order valence-corrected chi connectivity index (χ4v) is 12.9. The second kappa shape index (κ2) is 23.4. The maximum Gasteiger partial charge on any atom is 0.328 e. The van der Waals surface area contributed by atoms with E-state index in [0.29, 0.717) is 45.1 Å². The van der Waals surface area contributed by atoms with Gasteiger partial charge < -0.3 is 18.4 Å². The molecule has 12 rings (SSSR count). The summed E-state index contributed by atoms with van der Waals surface area (Å²) in [7, 11) is 0. The van der Waals surface area contributed by atoms with Crippen LogP contribution >= 0.6 is 22.7 Å². The van der Waals surface area contributed by atoms with Crippen LogP contribution in [0.4, 0.5) is 0 Å². The number of hydrogen-bond acceptors (Lipinski definition) is 8. The Morgan fingerprint density at radius 1 is 0.438 bits per heavy atom. The maximum atomic E-state index is 12.3. The van der Waals surface area contributed by atoms with Crippen molar-refractivity contribution >= 4 is 101 Å². The molecule has 0 amide bonds. The highest BCUT2D eigenvalue weighted by molar-refractivity contribution is 7.20. The Kier molecular flexibility index (Phi) is 15.1. The summed E-state index contributed by atoms with van der Waals surface area (Å²) in [6, 6.07) is 80.6. The molecule has 12 aromatic rings. The molecule has 4 aromatic heterocycles. The minimum atomic E-state index is -0.511. The van der Waals surface area contributed by atoms with Gasteiger partial charge >= 0.3 is 13.7 Å². The van der Waals surface area contributed by atoms with Crippen molar-refractivity contribution in [1.82, 2.24) is 18.9 Å². The Morgan fingerprint density at radius 3 is 1.07 bits per heavy atom. The van der Waals surface area contributed by atoms with Crippen LogP contribution in [-0.4, -0.2) is 45.8 Å². The van der Waals surface area contributed by atoms with Gasteiger partial charge in [0.05, 0.1) is 44.3 Å². The van der Waals surface area contributed by atoms with Gasteiger partial charge in [-0.1, -0.05) is 194 Å². The van der Waals surface area contributed by atoms with Crippen molar-refractivity contribution in [2.24, 2.45) is 0 Å². The first kappa shape index (κ1) is 51.6. The normalized spacial score (nSPS) is 12.1. The van der Waals surface area contributed by atoms with Crippen LogP contribution in [-0.2, 0) is 0 Å². The number of nitriles is 2. The van der Waals surface area contributed by atoms with E-state index in [1.165, 1.54) is 22.7 Å². The van der Waals surface area contributed by atoms with Crippen LogP contribution in [0.25, 0.3) is 64.9 Å². The molecule has 386 valence electrons. The molecular formula is C68H54B2N6O2S2. The number of fused-ring (bicyclic) bond motifs is 3. The lowest BCUT2D eigenvalue weighted by molar-refractivity contribution is 0.309. The van der Waals surface area contributed by atoms with Gasteiger partial charge in [0.2, 0.25) is 0 Å². The molecular weight excluding hydrogens is 1020 g/mol. The molecule has 0 fully saturated rings. The third kappa shape index (κ3) is 9.90. The number of nitrogens with zero attached hydrogens (tertiary/aromatic N) is 6. The average molecular weight is 1070 g/mol. The van der Waals surface area contributed by atoms with E-state index in [4.69, 9.17) is 19.4 Å². The van der Waals surface area contributed by atoms with Crippen molar-refractivity contribution < 1.29 is 9.47 Å². The Bertz CT molecular complexity index is 3930. The highest BCUT2D eigenvalue weighted by atomic mass is 32.1. The van der Waals surface area contributed by atoms with Crippen LogP contribution in [0.15, 0.2) is 218 Å². The zero-order chi connectivity index (χ0) is 54.4. The summed E-state index contributed by atoms with van der Waals surface area (Å²) in [4.78, 5) is 10.6. The van der Waals surface area contributed by atoms with E-state index in [0.717, 1.165) is 113 Å². The van der Waals surface area contributed by atoms with Gasteiger partial charge in [-0.15, -0.1) is 22.7 Å². The van der Waals surface area contributed by atoms with Crippen molar-refractivity contribution in [2.75, 3.05) is 13.2 Å². The molecule has 0 aliphatic carbocycles. The Morgan fingerprint density at radius 2 is 0.762 bits per heavy atom. The molecule has 0 aliphatic rings. The van der Waals surface area contributed by atoms with Gasteiger partial charge in [0.1, 0.15) is 44.8 Å². The molecule has 0 N–H and O–H groups in total. The van der Waals surface area contributed by atoms with Crippen LogP contribution in [0.2, 0.25) is 0 Å². The summed E-state index contributed by atoms with van der Waals surface area (Å²) in [5, 5.41) is 28.7. The summed E-state index contributed by atoms with van der Waals surface area (Å²) in [5.74, 6) is 1.51. The minimum Gasteiger partial charge on any atom is -0.494 e. The Hall–Kier alpha value is -9.19. The van der Waals surface area contributed by atoms with Gasteiger partial charge in [-0.3, -0.25) is 0 Å². The first-order valence-electron chi connectivity index (χ1n) is 27.3. The van der Waals surface area contributed by atoms with Gasteiger partial charge in [0.25, 0.3) is 0 Å². The molecule has 8 nitrogen and oxygen atoms in total. The predicted octanol–water partition coefficient (Wildman–Crippen LogP) is 12.1. The van der Waals surface area contributed by atoms with Gasteiger partial charge in [0.15, 0.2) is 0 Å². The number of ether oxygens (including phenoxy) is 2. The van der Waals surface area contributed by atoms with Crippen LogP contribution in [0.3, 0.4) is 0 Å². The molecule has 4 heterocycles. The van der Waals surface area contributed by atoms with E-state index in [1.54, 1.807) is 0 Å². The van der Waals surface area contributed by atoms with Gasteiger partial charge in [-0.25, -0.2) is 9.97 Å². The standard InChI is InChI=1S/C68H54B2N6O2S2/c1-3-5-43-77-53-39-35-47(36-40-53)63-61-62(66(56(46-72)68-74-58-32-20-22-34-60(58)80-68)75(63)69(49-23-11-7-12-24-49)50-25-13-8-14-26-50)64(48-37-41-54(42-38-48)78-44-6-4-2)76(70(51-27-15-9-16-28-51)52-29-17-10-18-30-52)65(61)55(45-71)67-73-57-31-19-21-33-59(57)79-67/h7-42H,3-6,43-44H2,1-2H3/b65-55-,66-56-. The number of aromatic nitrogens is 4. The quantitative estimate of drug-likeness (QED) is 0.0627. The molecule has 0 spiro atoms. The minimum absolute atomic E-state index is 0.401. The van der Waals surface area contributed by atoms with Crippen LogP contribution in [0, 0.1) is 22.7 Å². The largest absolute Gasteiger partial charge is 0.494 e. The van der Waals surface area contributed by atoms with Crippen molar-refractivity contribution in [1.29, 1.82) is 10.5 Å². The maximum absolute atomic E-state index is 12.3. The average Bonchev–Trinajstić information content (AvgIpc) is 4.46. The predicted molar refractivity (Wildman–Crippen MR) is 333 cm³/mol. The van der Waals surface area contributed by atoms with E-state index < -0.39 is 13.7 Å². The van der Waals surface area contributed by atoms with Crippen molar-refractivity contribution in [3.63, 3.8) is 0 Å². The van der Waals surface area contributed by atoms with E-state index in [-0.39, 0.29) is 0 Å². The molecule has 80 heavy (non-hydrogen) atoms. The van der Waals surface area contributed by atoms with Crippen LogP contribution in [0.1, 0.15) is 49.5 Å². The molecule has 0 unspecified atom stereocenters. The van der Waals surface area contributed by atoms with Crippen LogP contribution < -0.4 is 42.0 Å². The lowest BCUT2D eigenvalue weighted by Gasteiger charge is -2.24. The first-order valence-corrected chi connectivity index (χ1v) is 28.9. The monoisotopic (exact) mass is 1070 g/mol. The van der Waals surface area contributed by atoms with Crippen molar-refractivity contribution in [3.05, 3.63) is 239 Å². The SMILES string of the molecule is CCCCOc1ccc(-c2c3/c(=C(\C#N)c4nc5ccccc5s4)n(B(c4ccccc4)c4ccccc4)c(-c4ccc(OCCCC)cc4)c3/c(=C(\C#N)c3nc4ccccc4s3)n2B(c2ccccc2)c2ccccc2)cc1. The molecule has 0 aliphatic heterocycles. The summed E-state index contributed by atoms with van der Waals surface area (Å²) >= 11 is 3.01. The summed E-state index contributed by atoms with van der Waals surface area (Å²) in [6.07, 6.45) is 3.87. The fourth-order valence-electron chi connectivity index (χ4n) is 10.9. The van der Waals surface area contributed by atoms with Crippen LogP contribution in [0.5, 0.6) is 11.5 Å². The van der Waals surface area contributed by atoms with Gasteiger partial charge in [-0.2, -0.15) is 10.5 Å². The number of thiazole rings is 2. The van der Waals surface area contributed by atoms with E-state index in [1.807, 2.05) is 84.9 Å². The first-order chi connectivity index (χ1) is 39.6. The molecule has 0 saturated carbocycles. The number of benzene rings is 8. The van der Waals surface area contributed by atoms with Crippen molar-refractivity contribution in [2.45, 2.75) is 39.5 Å². The summed E-state index contributed by atoms with van der Waals surface area (Å²) in [5.41, 5.74) is 9.78.